The van der Waals surface area contributed by atoms with Crippen molar-refractivity contribution >= 4 is 27.5 Å². The van der Waals surface area contributed by atoms with Gasteiger partial charge in [-0.2, -0.15) is 0 Å². The van der Waals surface area contributed by atoms with Gasteiger partial charge in [0.1, 0.15) is 6.04 Å². The molecule has 0 bridgehead atoms. The molecule has 7 nitrogen and oxygen atoms in total. The summed E-state index contributed by atoms with van der Waals surface area (Å²) >= 11 is 0. The number of benzene rings is 2. The van der Waals surface area contributed by atoms with Gasteiger partial charge in [0.15, 0.2) is 11.6 Å². The second-order valence-electron chi connectivity index (χ2n) is 7.84. The van der Waals surface area contributed by atoms with Crippen molar-refractivity contribution in [2.75, 3.05) is 24.2 Å². The molecule has 0 fully saturated rings. The van der Waals surface area contributed by atoms with Gasteiger partial charge in [-0.1, -0.05) is 29.8 Å². The highest BCUT2D eigenvalue weighted by atomic mass is 32.2. The fourth-order valence-corrected chi connectivity index (χ4v) is 4.40. The Morgan fingerprint density at radius 3 is 2.36 bits per heavy atom. The van der Waals surface area contributed by atoms with Crippen LogP contribution in [0.4, 0.5) is 14.5 Å². The lowest BCUT2D eigenvalue weighted by molar-refractivity contribution is -0.140. The molecule has 0 heterocycles. The Balaban J connectivity index is 2.16. The molecule has 0 saturated heterocycles. The highest BCUT2D eigenvalue weighted by Gasteiger charge is 2.26. The molecule has 0 aliphatic heterocycles. The fourth-order valence-electron chi connectivity index (χ4n) is 3.44. The summed E-state index contributed by atoms with van der Waals surface area (Å²) in [5, 5.41) is 2.54. The first-order valence-corrected chi connectivity index (χ1v) is 12.3. The molecular formula is C23H29F2N3O4S. The second-order valence-corrected chi connectivity index (χ2v) is 9.74. The van der Waals surface area contributed by atoms with E-state index in [1.54, 1.807) is 6.92 Å². The van der Waals surface area contributed by atoms with Gasteiger partial charge >= 0.3 is 0 Å². The number of hydrogen-bond donors (Lipinski definition) is 1. The average molecular weight is 482 g/mol. The van der Waals surface area contributed by atoms with Crippen LogP contribution in [0.15, 0.2) is 42.5 Å². The zero-order chi connectivity index (χ0) is 24.8. The summed E-state index contributed by atoms with van der Waals surface area (Å²) in [5.41, 5.74) is 1.85. The van der Waals surface area contributed by atoms with E-state index in [2.05, 4.69) is 5.32 Å². The van der Waals surface area contributed by atoms with Crippen LogP contribution in [0, 0.1) is 18.6 Å². The molecule has 2 aromatic carbocycles. The SMILES string of the molecule is CNC(=O)[C@H](C)N(Cc1cccc(C)c1)C(=O)CCCN(c1ccc(F)c(F)c1)S(C)(=O)=O. The molecule has 0 unspecified atom stereocenters. The molecule has 2 aromatic rings. The van der Waals surface area contributed by atoms with E-state index in [0.717, 1.165) is 33.8 Å². The number of carbonyl (C=O) groups is 2. The largest absolute Gasteiger partial charge is 0.357 e. The second kappa shape index (κ2) is 11.2. The number of anilines is 1. The first-order valence-electron chi connectivity index (χ1n) is 10.4. The van der Waals surface area contributed by atoms with Crippen LogP contribution in [0.5, 0.6) is 0 Å². The number of carbonyl (C=O) groups excluding carboxylic acids is 2. The Labute approximate surface area is 193 Å². The van der Waals surface area contributed by atoms with Gasteiger partial charge in [-0.05, 0) is 38.0 Å². The molecule has 10 heteroatoms. The van der Waals surface area contributed by atoms with E-state index in [0.29, 0.717) is 0 Å². The van der Waals surface area contributed by atoms with Crippen LogP contribution >= 0.6 is 0 Å². The third kappa shape index (κ3) is 7.24. The minimum atomic E-state index is -3.80. The van der Waals surface area contributed by atoms with Gasteiger partial charge in [0.2, 0.25) is 21.8 Å². The van der Waals surface area contributed by atoms with E-state index < -0.39 is 27.7 Å². The summed E-state index contributed by atoms with van der Waals surface area (Å²) in [6.07, 6.45) is 1.03. The number of aryl methyl sites for hydroxylation is 1. The Bertz CT molecular complexity index is 1110. The van der Waals surface area contributed by atoms with Crippen molar-refractivity contribution < 1.29 is 26.8 Å². The first kappa shape index (κ1) is 26.2. The third-order valence-electron chi connectivity index (χ3n) is 5.19. The Kier molecular flexibility index (Phi) is 8.92. The van der Waals surface area contributed by atoms with Gasteiger partial charge in [-0.25, -0.2) is 17.2 Å². The Morgan fingerprint density at radius 2 is 1.79 bits per heavy atom. The van der Waals surface area contributed by atoms with Crippen molar-refractivity contribution in [1.29, 1.82) is 0 Å². The molecule has 2 amide bonds. The average Bonchev–Trinajstić information content (AvgIpc) is 2.75. The number of nitrogens with zero attached hydrogens (tertiary/aromatic N) is 2. The Morgan fingerprint density at radius 1 is 1.09 bits per heavy atom. The minimum Gasteiger partial charge on any atom is -0.357 e. The summed E-state index contributed by atoms with van der Waals surface area (Å²) < 4.78 is 52.2. The van der Waals surface area contributed by atoms with Crippen LogP contribution < -0.4 is 9.62 Å². The van der Waals surface area contributed by atoms with Crippen molar-refractivity contribution in [2.45, 2.75) is 39.3 Å². The third-order valence-corrected chi connectivity index (χ3v) is 6.39. The van der Waals surface area contributed by atoms with Crippen molar-refractivity contribution in [3.8, 4) is 0 Å². The zero-order valence-electron chi connectivity index (χ0n) is 19.1. The van der Waals surface area contributed by atoms with Crippen LogP contribution in [0.3, 0.4) is 0 Å². The summed E-state index contributed by atoms with van der Waals surface area (Å²) in [7, 11) is -2.31. The highest BCUT2D eigenvalue weighted by Crippen LogP contribution is 2.21. The quantitative estimate of drug-likeness (QED) is 0.565. The lowest BCUT2D eigenvalue weighted by Crippen LogP contribution is -2.46. The smallest absolute Gasteiger partial charge is 0.242 e. The normalized spacial score (nSPS) is 12.2. The molecule has 0 spiro atoms. The zero-order valence-corrected chi connectivity index (χ0v) is 20.0. The van der Waals surface area contributed by atoms with Crippen LogP contribution in [0.1, 0.15) is 30.9 Å². The van der Waals surface area contributed by atoms with Crippen molar-refractivity contribution in [1.82, 2.24) is 10.2 Å². The molecule has 33 heavy (non-hydrogen) atoms. The summed E-state index contributed by atoms with van der Waals surface area (Å²) in [6, 6.07) is 9.65. The molecule has 0 aliphatic rings. The maximum absolute atomic E-state index is 13.6. The Hall–Kier alpha value is -3.01. The number of likely N-dealkylation sites (N-methyl/N-ethyl adjacent to an activating group) is 1. The van der Waals surface area contributed by atoms with Crippen LogP contribution in [0.2, 0.25) is 0 Å². The van der Waals surface area contributed by atoms with Crippen LogP contribution in [-0.4, -0.2) is 51.0 Å². The van der Waals surface area contributed by atoms with Gasteiger partial charge in [-0.3, -0.25) is 13.9 Å². The van der Waals surface area contributed by atoms with E-state index in [4.69, 9.17) is 0 Å². The maximum Gasteiger partial charge on any atom is 0.242 e. The molecule has 180 valence electrons. The van der Waals surface area contributed by atoms with Crippen LogP contribution in [-0.2, 0) is 26.2 Å². The molecule has 1 atom stereocenters. The molecule has 0 aromatic heterocycles. The number of sulfonamides is 1. The number of amides is 2. The predicted octanol–water partition coefficient (Wildman–Crippen LogP) is 2.98. The van der Waals surface area contributed by atoms with Crippen molar-refractivity contribution in [2.24, 2.45) is 0 Å². The van der Waals surface area contributed by atoms with Crippen molar-refractivity contribution in [3.05, 3.63) is 65.2 Å². The monoisotopic (exact) mass is 481 g/mol. The molecule has 2 rings (SSSR count). The van der Waals surface area contributed by atoms with Gasteiger partial charge in [0, 0.05) is 32.6 Å². The molecule has 0 saturated carbocycles. The minimum absolute atomic E-state index is 0.0285. The number of hydrogen-bond acceptors (Lipinski definition) is 4. The molecule has 0 radical (unpaired) electrons. The van der Waals surface area contributed by atoms with E-state index in [1.165, 1.54) is 18.0 Å². The van der Waals surface area contributed by atoms with Crippen LogP contribution in [0.25, 0.3) is 0 Å². The predicted molar refractivity (Wildman–Crippen MR) is 123 cm³/mol. The molecule has 0 aliphatic carbocycles. The lowest BCUT2D eigenvalue weighted by Gasteiger charge is -2.29. The summed E-state index contributed by atoms with van der Waals surface area (Å²) in [5.74, 6) is -2.90. The number of rotatable bonds is 10. The first-order chi connectivity index (χ1) is 15.4. The van der Waals surface area contributed by atoms with E-state index in [9.17, 15) is 26.8 Å². The maximum atomic E-state index is 13.6. The van der Waals surface area contributed by atoms with Gasteiger partial charge in [0.05, 0.1) is 11.9 Å². The van der Waals surface area contributed by atoms with E-state index in [-0.39, 0.29) is 43.4 Å². The van der Waals surface area contributed by atoms with Gasteiger partial charge in [0.25, 0.3) is 0 Å². The van der Waals surface area contributed by atoms with Gasteiger partial charge < -0.3 is 10.2 Å². The van der Waals surface area contributed by atoms with E-state index in [1.807, 2.05) is 31.2 Å². The molecule has 1 N–H and O–H groups in total. The standard InChI is InChI=1S/C23H29F2N3O4S/c1-16-7-5-8-18(13-16)15-27(17(2)23(30)26-3)22(29)9-6-12-28(33(4,31)32)19-10-11-20(24)21(25)14-19/h5,7-8,10-11,13-14,17H,6,9,12,15H2,1-4H3,(H,26,30)/t17-/m0/s1. The topological polar surface area (TPSA) is 86.8 Å². The summed E-state index contributed by atoms with van der Waals surface area (Å²) in [6.45, 7) is 3.66. The van der Waals surface area contributed by atoms with Crippen molar-refractivity contribution in [3.63, 3.8) is 0 Å². The number of nitrogens with one attached hydrogen (secondary N) is 1. The summed E-state index contributed by atoms with van der Waals surface area (Å²) in [4.78, 5) is 26.7. The fraction of sp³-hybridized carbons (Fsp3) is 0.391. The molecular weight excluding hydrogens is 452 g/mol. The number of halogens is 2. The highest BCUT2D eigenvalue weighted by molar-refractivity contribution is 7.92. The lowest BCUT2D eigenvalue weighted by atomic mass is 10.1. The van der Waals surface area contributed by atoms with Gasteiger partial charge in [-0.15, -0.1) is 0 Å². The van der Waals surface area contributed by atoms with E-state index >= 15 is 0 Å².